The van der Waals surface area contributed by atoms with E-state index >= 15 is 4.39 Å². The normalized spacial score (nSPS) is 10.7. The molecule has 1 N–H and O–H groups in total. The molecule has 7 heteroatoms. The first-order chi connectivity index (χ1) is 15.0. The maximum Gasteiger partial charge on any atom is 0.188 e. The second kappa shape index (κ2) is 9.63. The van der Waals surface area contributed by atoms with E-state index in [0.29, 0.717) is 17.0 Å². The third kappa shape index (κ3) is 4.59. The molecule has 0 bridgehead atoms. The molecule has 0 fully saturated rings. The topological polar surface area (TPSA) is 59.0 Å². The fraction of sp³-hybridized carbons (Fsp3) is 0.167. The maximum atomic E-state index is 15.1. The van der Waals surface area contributed by atoms with Gasteiger partial charge >= 0.3 is 0 Å². The number of pyridine rings is 1. The summed E-state index contributed by atoms with van der Waals surface area (Å²) >= 11 is 0. The zero-order valence-corrected chi connectivity index (χ0v) is 17.6. The molecule has 1 heterocycles. The Morgan fingerprint density at radius 2 is 2.10 bits per heavy atom. The number of benzene rings is 2. The van der Waals surface area contributed by atoms with E-state index in [1.165, 1.54) is 20.3 Å². The Bertz CT molecular complexity index is 1180. The van der Waals surface area contributed by atoms with Gasteiger partial charge in [0, 0.05) is 42.0 Å². The van der Waals surface area contributed by atoms with Crippen LogP contribution in [0.5, 0.6) is 11.5 Å². The number of fused-ring (bicyclic) bond motifs is 1. The molecule has 0 atom stereocenters. The van der Waals surface area contributed by atoms with Gasteiger partial charge in [-0.1, -0.05) is 12.5 Å². The van der Waals surface area contributed by atoms with Gasteiger partial charge in [-0.25, -0.2) is 4.39 Å². The summed E-state index contributed by atoms with van der Waals surface area (Å²) in [5.41, 5.74) is 5.96. The first-order valence-electron chi connectivity index (χ1n) is 9.43. The predicted octanol–water partition coefficient (Wildman–Crippen LogP) is 4.38. The average Bonchev–Trinajstić information content (AvgIpc) is 2.80. The van der Waals surface area contributed by atoms with Crippen LogP contribution in [-0.2, 0) is 0 Å². The molecule has 0 aliphatic carbocycles. The number of nitrogens with one attached hydrogen (secondary N) is 1. The lowest BCUT2D eigenvalue weighted by Gasteiger charge is -2.25. The van der Waals surface area contributed by atoms with E-state index in [1.54, 1.807) is 30.4 Å². The smallest absolute Gasteiger partial charge is 0.188 e. The molecule has 0 radical (unpaired) electrons. The first-order valence-corrected chi connectivity index (χ1v) is 9.43. The van der Waals surface area contributed by atoms with Crippen molar-refractivity contribution in [2.75, 3.05) is 32.7 Å². The van der Waals surface area contributed by atoms with Gasteiger partial charge in [0.05, 0.1) is 38.2 Å². The van der Waals surface area contributed by atoms with E-state index in [4.69, 9.17) is 15.9 Å². The molecule has 158 valence electrons. The van der Waals surface area contributed by atoms with Crippen molar-refractivity contribution in [1.82, 2.24) is 10.4 Å². The lowest BCUT2D eigenvalue weighted by Crippen LogP contribution is -2.19. The van der Waals surface area contributed by atoms with E-state index in [-0.39, 0.29) is 18.0 Å². The number of hydrazone groups is 1. The molecule has 0 amide bonds. The molecule has 31 heavy (non-hydrogen) atoms. The number of anilines is 2. The van der Waals surface area contributed by atoms with Crippen LogP contribution in [0.2, 0.25) is 0 Å². The van der Waals surface area contributed by atoms with Crippen LogP contribution in [0.4, 0.5) is 15.8 Å². The number of halogens is 1. The van der Waals surface area contributed by atoms with Gasteiger partial charge in [0.25, 0.3) is 0 Å². The molecular weight excluding hydrogens is 395 g/mol. The third-order valence-corrected chi connectivity index (χ3v) is 4.69. The highest BCUT2D eigenvalue weighted by Crippen LogP contribution is 2.37. The second-order valence-corrected chi connectivity index (χ2v) is 6.56. The monoisotopic (exact) mass is 418 g/mol. The fourth-order valence-electron chi connectivity index (χ4n) is 3.11. The standard InChI is InChI=1S/C24H23FN4O2/c1-6-9-29(22-12-20(30-4)13-23(31-5)24(22)25)19-7-8-21-17(11-19)10-18(15-27-21)16(2)14-28-26-3/h1,7-8,10-15,26H,2,9H2,3-5H3/b28-14-. The number of terminal acetylenes is 1. The Morgan fingerprint density at radius 1 is 1.29 bits per heavy atom. The lowest BCUT2D eigenvalue weighted by molar-refractivity contribution is 0.374. The van der Waals surface area contributed by atoms with E-state index in [0.717, 1.165) is 16.5 Å². The number of aromatic nitrogens is 1. The van der Waals surface area contributed by atoms with Gasteiger partial charge in [-0.05, 0) is 29.8 Å². The molecule has 3 aromatic rings. The Morgan fingerprint density at radius 3 is 2.77 bits per heavy atom. The SMILES string of the molecule is C#CCN(c1ccc2ncc(C(=C)/C=N\NC)cc2c1)c1cc(OC)cc(OC)c1F. The van der Waals surface area contributed by atoms with E-state index in [2.05, 4.69) is 28.0 Å². The molecule has 6 nitrogen and oxygen atoms in total. The van der Waals surface area contributed by atoms with Crippen molar-refractivity contribution in [2.45, 2.75) is 0 Å². The summed E-state index contributed by atoms with van der Waals surface area (Å²) in [5.74, 6) is 2.59. The number of methoxy groups -OCH3 is 2. The Balaban J connectivity index is 2.12. The van der Waals surface area contributed by atoms with Gasteiger partial charge in [-0.2, -0.15) is 5.10 Å². The Hall–Kier alpha value is -4.05. The van der Waals surface area contributed by atoms with Crippen molar-refractivity contribution in [3.05, 3.63) is 60.6 Å². The van der Waals surface area contributed by atoms with Crippen LogP contribution in [0.25, 0.3) is 16.5 Å². The van der Waals surface area contributed by atoms with Crippen LogP contribution in [0.3, 0.4) is 0 Å². The third-order valence-electron chi connectivity index (χ3n) is 4.69. The minimum absolute atomic E-state index is 0.0706. The van der Waals surface area contributed by atoms with Gasteiger partial charge in [-0.3, -0.25) is 4.98 Å². The van der Waals surface area contributed by atoms with E-state index < -0.39 is 5.82 Å². The van der Waals surface area contributed by atoms with Crippen LogP contribution in [-0.4, -0.2) is 39.0 Å². The number of allylic oxidation sites excluding steroid dienone is 1. The number of hydrogen-bond acceptors (Lipinski definition) is 6. The largest absolute Gasteiger partial charge is 0.497 e. The fourth-order valence-corrected chi connectivity index (χ4v) is 3.11. The summed E-state index contributed by atoms with van der Waals surface area (Å²) in [6, 6.07) is 10.6. The van der Waals surface area contributed by atoms with Crippen LogP contribution in [0.1, 0.15) is 5.56 Å². The van der Waals surface area contributed by atoms with Gasteiger partial charge in [-0.15, -0.1) is 6.42 Å². The molecule has 3 rings (SSSR count). The average molecular weight is 418 g/mol. The van der Waals surface area contributed by atoms with Crippen molar-refractivity contribution in [3.63, 3.8) is 0 Å². The summed E-state index contributed by atoms with van der Waals surface area (Å²) in [7, 11) is 4.62. The van der Waals surface area contributed by atoms with Crippen molar-refractivity contribution in [1.29, 1.82) is 0 Å². The molecule has 0 saturated heterocycles. The Kier molecular flexibility index (Phi) is 6.73. The molecule has 0 aliphatic heterocycles. The van der Waals surface area contributed by atoms with Crippen LogP contribution in [0.15, 0.2) is 54.3 Å². The van der Waals surface area contributed by atoms with Crippen molar-refractivity contribution in [3.8, 4) is 23.8 Å². The summed E-state index contributed by atoms with van der Waals surface area (Å²) in [6.07, 6.45) is 8.95. The van der Waals surface area contributed by atoms with Gasteiger partial charge in [0.1, 0.15) is 5.75 Å². The summed E-state index contributed by atoms with van der Waals surface area (Å²) in [6.45, 7) is 4.16. The highest BCUT2D eigenvalue weighted by molar-refractivity contribution is 6.09. The first kappa shape index (κ1) is 21.7. The molecular formula is C24H23FN4O2. The molecule has 0 spiro atoms. The van der Waals surface area contributed by atoms with Gasteiger partial charge < -0.3 is 19.8 Å². The second-order valence-electron chi connectivity index (χ2n) is 6.56. The van der Waals surface area contributed by atoms with E-state index in [9.17, 15) is 0 Å². The van der Waals surface area contributed by atoms with Crippen molar-refractivity contribution in [2.24, 2.45) is 5.10 Å². The van der Waals surface area contributed by atoms with Crippen LogP contribution < -0.4 is 19.8 Å². The summed E-state index contributed by atoms with van der Waals surface area (Å²) < 4.78 is 25.6. The summed E-state index contributed by atoms with van der Waals surface area (Å²) in [5, 5.41) is 4.84. The van der Waals surface area contributed by atoms with Crippen molar-refractivity contribution >= 4 is 34.1 Å². The highest BCUT2D eigenvalue weighted by Gasteiger charge is 2.19. The predicted molar refractivity (Wildman–Crippen MR) is 124 cm³/mol. The molecule has 0 unspecified atom stereocenters. The van der Waals surface area contributed by atoms with Gasteiger partial charge in [0.2, 0.25) is 0 Å². The number of ether oxygens (including phenoxy) is 2. The van der Waals surface area contributed by atoms with Crippen LogP contribution >= 0.6 is 0 Å². The lowest BCUT2D eigenvalue weighted by atomic mass is 10.1. The molecule has 0 saturated carbocycles. The zero-order chi connectivity index (χ0) is 22.4. The number of nitrogens with zero attached hydrogens (tertiary/aromatic N) is 3. The van der Waals surface area contributed by atoms with Gasteiger partial charge in [0.15, 0.2) is 11.6 Å². The van der Waals surface area contributed by atoms with E-state index in [1.807, 2.05) is 24.3 Å². The number of rotatable bonds is 8. The van der Waals surface area contributed by atoms with Crippen molar-refractivity contribution < 1.29 is 13.9 Å². The Labute approximate surface area is 181 Å². The highest BCUT2D eigenvalue weighted by atomic mass is 19.1. The quantitative estimate of drug-likeness (QED) is 0.334. The number of hydrogen-bond donors (Lipinski definition) is 1. The minimum atomic E-state index is -0.526. The molecule has 2 aromatic carbocycles. The zero-order valence-electron chi connectivity index (χ0n) is 17.6. The summed E-state index contributed by atoms with van der Waals surface area (Å²) in [4.78, 5) is 6.17. The minimum Gasteiger partial charge on any atom is -0.497 e. The molecule has 1 aromatic heterocycles. The van der Waals surface area contributed by atoms with Crippen LogP contribution in [0, 0.1) is 18.2 Å². The maximum absolute atomic E-state index is 15.1. The molecule has 0 aliphatic rings.